The number of nitro benzene ring substituents is 1. The normalized spacial score (nSPS) is 16.3. The van der Waals surface area contributed by atoms with Gasteiger partial charge in [0.25, 0.3) is 11.6 Å². The highest BCUT2D eigenvalue weighted by molar-refractivity contribution is 5.98. The molecular weight excluding hydrogens is 270 g/mol. The van der Waals surface area contributed by atoms with Crippen LogP contribution in [0, 0.1) is 17.0 Å². The van der Waals surface area contributed by atoms with E-state index in [1.165, 1.54) is 0 Å². The standard InChI is InChI=1S/C15H21N3O3/c1-11(2)16-7-9-17(10-8-16)15(19)13-6-4-5-12(3)14(13)18(20)21/h4-6,11H,7-10H2,1-3H3. The van der Waals surface area contributed by atoms with E-state index < -0.39 is 4.92 Å². The van der Waals surface area contributed by atoms with Crippen molar-refractivity contribution in [3.05, 3.63) is 39.4 Å². The maximum Gasteiger partial charge on any atom is 0.285 e. The molecule has 1 heterocycles. The molecule has 0 spiro atoms. The third kappa shape index (κ3) is 3.21. The molecule has 0 aliphatic carbocycles. The molecule has 114 valence electrons. The van der Waals surface area contributed by atoms with Crippen LogP contribution < -0.4 is 0 Å². The van der Waals surface area contributed by atoms with Gasteiger partial charge >= 0.3 is 0 Å². The van der Waals surface area contributed by atoms with Gasteiger partial charge in [-0.15, -0.1) is 0 Å². The fourth-order valence-electron chi connectivity index (χ4n) is 2.69. The molecule has 21 heavy (non-hydrogen) atoms. The van der Waals surface area contributed by atoms with Gasteiger partial charge in [-0.3, -0.25) is 19.8 Å². The van der Waals surface area contributed by atoms with E-state index in [0.29, 0.717) is 24.7 Å². The molecule has 0 unspecified atom stereocenters. The highest BCUT2D eigenvalue weighted by Crippen LogP contribution is 2.24. The molecule has 2 rings (SSSR count). The van der Waals surface area contributed by atoms with Gasteiger partial charge in [0.1, 0.15) is 5.56 Å². The van der Waals surface area contributed by atoms with Crippen LogP contribution >= 0.6 is 0 Å². The smallest absolute Gasteiger partial charge is 0.285 e. The molecule has 1 fully saturated rings. The largest absolute Gasteiger partial charge is 0.336 e. The van der Waals surface area contributed by atoms with Crippen molar-refractivity contribution in [2.75, 3.05) is 26.2 Å². The van der Waals surface area contributed by atoms with Crippen molar-refractivity contribution < 1.29 is 9.72 Å². The molecule has 1 aliphatic rings. The van der Waals surface area contributed by atoms with Crippen LogP contribution in [0.3, 0.4) is 0 Å². The van der Waals surface area contributed by atoms with Crippen molar-refractivity contribution in [2.24, 2.45) is 0 Å². The van der Waals surface area contributed by atoms with Gasteiger partial charge in [-0.1, -0.05) is 12.1 Å². The SMILES string of the molecule is Cc1cccc(C(=O)N2CCN(C(C)C)CC2)c1[N+](=O)[O-]. The third-order valence-electron chi connectivity index (χ3n) is 3.98. The summed E-state index contributed by atoms with van der Waals surface area (Å²) in [6.07, 6.45) is 0. The van der Waals surface area contributed by atoms with Gasteiger partial charge < -0.3 is 4.90 Å². The van der Waals surface area contributed by atoms with Crippen LogP contribution in [0.15, 0.2) is 18.2 Å². The monoisotopic (exact) mass is 291 g/mol. The number of amides is 1. The number of carbonyl (C=O) groups is 1. The van der Waals surface area contributed by atoms with E-state index in [4.69, 9.17) is 0 Å². The molecular formula is C15H21N3O3. The molecule has 1 aromatic carbocycles. The number of aryl methyl sites for hydroxylation is 1. The molecule has 0 atom stereocenters. The van der Waals surface area contributed by atoms with Gasteiger partial charge in [-0.25, -0.2) is 0 Å². The number of piperazine rings is 1. The van der Waals surface area contributed by atoms with Crippen molar-refractivity contribution >= 4 is 11.6 Å². The topological polar surface area (TPSA) is 66.7 Å². The van der Waals surface area contributed by atoms with Crippen molar-refractivity contribution in [1.29, 1.82) is 0 Å². The zero-order chi connectivity index (χ0) is 15.6. The van der Waals surface area contributed by atoms with E-state index in [9.17, 15) is 14.9 Å². The summed E-state index contributed by atoms with van der Waals surface area (Å²) in [6, 6.07) is 5.35. The lowest BCUT2D eigenvalue weighted by Crippen LogP contribution is -2.50. The number of nitrogens with zero attached hydrogens (tertiary/aromatic N) is 3. The maximum absolute atomic E-state index is 12.6. The highest BCUT2D eigenvalue weighted by Gasteiger charge is 2.28. The lowest BCUT2D eigenvalue weighted by Gasteiger charge is -2.36. The average molecular weight is 291 g/mol. The molecule has 0 radical (unpaired) electrons. The van der Waals surface area contributed by atoms with E-state index in [0.717, 1.165) is 13.1 Å². The van der Waals surface area contributed by atoms with Crippen LogP contribution in [0.2, 0.25) is 0 Å². The summed E-state index contributed by atoms with van der Waals surface area (Å²) in [5.41, 5.74) is 0.637. The van der Waals surface area contributed by atoms with Crippen LogP contribution in [-0.2, 0) is 0 Å². The Morgan fingerprint density at radius 2 is 1.86 bits per heavy atom. The second kappa shape index (κ2) is 6.22. The Bertz CT molecular complexity index is 549. The second-order valence-electron chi connectivity index (χ2n) is 5.65. The number of carbonyl (C=O) groups excluding carboxylic acids is 1. The Balaban J connectivity index is 2.19. The summed E-state index contributed by atoms with van der Waals surface area (Å²) < 4.78 is 0. The van der Waals surface area contributed by atoms with Gasteiger partial charge in [0.05, 0.1) is 4.92 Å². The molecule has 0 N–H and O–H groups in total. The maximum atomic E-state index is 12.6. The summed E-state index contributed by atoms with van der Waals surface area (Å²) in [4.78, 5) is 27.3. The molecule has 1 aromatic rings. The van der Waals surface area contributed by atoms with Gasteiger partial charge in [-0.2, -0.15) is 0 Å². The van der Waals surface area contributed by atoms with Gasteiger partial charge in [0, 0.05) is 37.8 Å². The predicted octanol–water partition coefficient (Wildman–Crippen LogP) is 2.07. The van der Waals surface area contributed by atoms with Crippen LogP contribution in [0.25, 0.3) is 0 Å². The molecule has 0 saturated carbocycles. The van der Waals surface area contributed by atoms with E-state index >= 15 is 0 Å². The summed E-state index contributed by atoms with van der Waals surface area (Å²) in [7, 11) is 0. The molecule has 6 nitrogen and oxygen atoms in total. The Hall–Kier alpha value is -1.95. The summed E-state index contributed by atoms with van der Waals surface area (Å²) in [5.74, 6) is -0.242. The van der Waals surface area contributed by atoms with Gasteiger partial charge in [0.2, 0.25) is 0 Å². The minimum atomic E-state index is -0.465. The van der Waals surface area contributed by atoms with Gasteiger partial charge in [-0.05, 0) is 26.8 Å². The van der Waals surface area contributed by atoms with Crippen molar-refractivity contribution in [2.45, 2.75) is 26.8 Å². The van der Waals surface area contributed by atoms with Crippen molar-refractivity contribution in [3.63, 3.8) is 0 Å². The fraction of sp³-hybridized carbons (Fsp3) is 0.533. The number of nitro groups is 1. The van der Waals surface area contributed by atoms with E-state index in [1.807, 2.05) is 0 Å². The average Bonchev–Trinajstić information content (AvgIpc) is 2.46. The first-order valence-corrected chi connectivity index (χ1v) is 7.19. The number of benzene rings is 1. The lowest BCUT2D eigenvalue weighted by atomic mass is 10.1. The number of hydrogen-bond donors (Lipinski definition) is 0. The number of para-hydroxylation sites is 1. The van der Waals surface area contributed by atoms with Crippen LogP contribution in [0.4, 0.5) is 5.69 Å². The van der Waals surface area contributed by atoms with Crippen molar-refractivity contribution in [1.82, 2.24) is 9.80 Å². The summed E-state index contributed by atoms with van der Waals surface area (Å²) in [5, 5.41) is 11.2. The van der Waals surface area contributed by atoms with Crippen LogP contribution in [0.5, 0.6) is 0 Å². The zero-order valence-corrected chi connectivity index (χ0v) is 12.7. The quantitative estimate of drug-likeness (QED) is 0.631. The Labute approximate surface area is 124 Å². The minimum absolute atomic E-state index is 0.0752. The number of rotatable bonds is 3. The first-order chi connectivity index (χ1) is 9.91. The molecule has 1 saturated heterocycles. The predicted molar refractivity (Wildman–Crippen MR) is 80.4 cm³/mol. The molecule has 1 amide bonds. The Morgan fingerprint density at radius 3 is 2.38 bits per heavy atom. The molecule has 1 aliphatic heterocycles. The van der Waals surface area contributed by atoms with E-state index in [2.05, 4.69) is 18.7 Å². The zero-order valence-electron chi connectivity index (χ0n) is 12.7. The summed E-state index contributed by atoms with van der Waals surface area (Å²) in [6.45, 7) is 8.76. The molecule has 0 aromatic heterocycles. The second-order valence-corrected chi connectivity index (χ2v) is 5.65. The van der Waals surface area contributed by atoms with Crippen LogP contribution in [0.1, 0.15) is 29.8 Å². The first kappa shape index (κ1) is 15.4. The lowest BCUT2D eigenvalue weighted by molar-refractivity contribution is -0.385. The van der Waals surface area contributed by atoms with E-state index in [-0.39, 0.29) is 17.2 Å². The summed E-state index contributed by atoms with van der Waals surface area (Å²) >= 11 is 0. The number of hydrogen-bond acceptors (Lipinski definition) is 4. The van der Waals surface area contributed by atoms with E-state index in [1.54, 1.807) is 30.0 Å². The van der Waals surface area contributed by atoms with Crippen LogP contribution in [-0.4, -0.2) is 52.9 Å². The van der Waals surface area contributed by atoms with Gasteiger partial charge in [0.15, 0.2) is 0 Å². The molecule has 6 heteroatoms. The fourth-order valence-corrected chi connectivity index (χ4v) is 2.69. The minimum Gasteiger partial charge on any atom is -0.336 e. The van der Waals surface area contributed by atoms with Crippen molar-refractivity contribution in [3.8, 4) is 0 Å². The highest BCUT2D eigenvalue weighted by atomic mass is 16.6. The first-order valence-electron chi connectivity index (χ1n) is 7.19. The molecule has 0 bridgehead atoms. The third-order valence-corrected chi connectivity index (χ3v) is 3.98. The Morgan fingerprint density at radius 1 is 1.24 bits per heavy atom. The Kier molecular flexibility index (Phi) is 4.57.